The quantitative estimate of drug-likeness (QED) is 0.661. The van der Waals surface area contributed by atoms with Crippen LogP contribution >= 0.6 is 0 Å². The maximum atomic E-state index is 12.3. The fourth-order valence-corrected chi connectivity index (χ4v) is 2.57. The molecule has 0 radical (unpaired) electrons. The monoisotopic (exact) mass is 288 g/mol. The van der Waals surface area contributed by atoms with E-state index >= 15 is 0 Å². The Morgan fingerprint density at radius 3 is 2.52 bits per heavy atom. The summed E-state index contributed by atoms with van der Waals surface area (Å²) in [5, 5.41) is 5.68. The van der Waals surface area contributed by atoms with Gasteiger partial charge in [0.2, 0.25) is 0 Å². The largest absolute Gasteiger partial charge is 0.497 e. The van der Waals surface area contributed by atoms with Crippen molar-refractivity contribution in [2.24, 2.45) is 0 Å². The van der Waals surface area contributed by atoms with Crippen molar-refractivity contribution >= 4 is 23.0 Å². The Hall–Kier alpha value is -2.30. The third-order valence-corrected chi connectivity index (χ3v) is 3.47. The molecule has 0 spiro atoms. The van der Waals surface area contributed by atoms with Crippen LogP contribution in [0.25, 0.3) is 5.57 Å². The first-order chi connectivity index (χ1) is 9.79. The Labute approximate surface area is 124 Å². The fraction of sp³-hybridized carbons (Fsp3) is 0.375. The van der Waals surface area contributed by atoms with Gasteiger partial charge in [-0.15, -0.1) is 0 Å². The summed E-state index contributed by atoms with van der Waals surface area (Å²) < 4.78 is 5.25. The van der Waals surface area contributed by atoms with Crippen molar-refractivity contribution in [1.29, 1.82) is 0 Å². The molecule has 0 saturated carbocycles. The van der Waals surface area contributed by atoms with Crippen molar-refractivity contribution in [3.05, 3.63) is 29.3 Å². The summed E-state index contributed by atoms with van der Waals surface area (Å²) in [4.78, 5) is 24.0. The highest BCUT2D eigenvalue weighted by Crippen LogP contribution is 2.38. The summed E-state index contributed by atoms with van der Waals surface area (Å²) in [6.07, 6.45) is 2.09. The molecule has 1 aliphatic rings. The number of amides is 1. The molecular formula is C16H20N2O3. The number of methoxy groups -OCH3 is 1. The summed E-state index contributed by atoms with van der Waals surface area (Å²) in [7, 11) is 2.98. The second-order valence-corrected chi connectivity index (χ2v) is 5.68. The number of allylic oxidation sites excluding steroid dienone is 1. The molecular weight excluding hydrogens is 268 g/mol. The van der Waals surface area contributed by atoms with Crippen molar-refractivity contribution in [3.63, 3.8) is 0 Å². The van der Waals surface area contributed by atoms with Crippen LogP contribution in [0.4, 0.5) is 5.69 Å². The second kappa shape index (κ2) is 5.24. The van der Waals surface area contributed by atoms with Gasteiger partial charge < -0.3 is 15.4 Å². The highest BCUT2D eigenvalue weighted by Gasteiger charge is 2.29. The summed E-state index contributed by atoms with van der Waals surface area (Å²) in [5.74, 6) is -0.668. The predicted molar refractivity (Wildman–Crippen MR) is 82.7 cm³/mol. The van der Waals surface area contributed by atoms with Crippen LogP contribution < -0.4 is 15.4 Å². The van der Waals surface area contributed by atoms with Gasteiger partial charge in [0, 0.05) is 12.6 Å². The maximum absolute atomic E-state index is 12.3. The summed E-state index contributed by atoms with van der Waals surface area (Å²) >= 11 is 0. The molecule has 5 heteroatoms. The van der Waals surface area contributed by atoms with E-state index in [1.165, 1.54) is 14.2 Å². The van der Waals surface area contributed by atoms with E-state index in [0.29, 0.717) is 17.0 Å². The van der Waals surface area contributed by atoms with Gasteiger partial charge in [-0.1, -0.05) is 6.08 Å². The Morgan fingerprint density at radius 1 is 1.29 bits per heavy atom. The first kappa shape index (κ1) is 15.1. The second-order valence-electron chi connectivity index (χ2n) is 5.68. The third-order valence-electron chi connectivity index (χ3n) is 3.47. The van der Waals surface area contributed by atoms with Crippen LogP contribution in [-0.4, -0.2) is 31.4 Å². The van der Waals surface area contributed by atoms with E-state index in [4.69, 9.17) is 4.74 Å². The Kier molecular flexibility index (Phi) is 3.77. The minimum atomic E-state index is -0.641. The van der Waals surface area contributed by atoms with Crippen LogP contribution in [0.3, 0.4) is 0 Å². The third kappa shape index (κ3) is 2.77. The minimum Gasteiger partial charge on any atom is -0.497 e. The molecule has 0 unspecified atom stereocenters. The van der Waals surface area contributed by atoms with Crippen molar-refractivity contribution < 1.29 is 14.3 Å². The average molecular weight is 288 g/mol. The molecule has 2 rings (SSSR count). The van der Waals surface area contributed by atoms with E-state index in [0.717, 1.165) is 11.1 Å². The van der Waals surface area contributed by atoms with Gasteiger partial charge in [-0.05, 0) is 38.5 Å². The standard InChI is InChI=1S/C16H20N2O3/c1-9-8-16(2,3)18-13-11(9)6-10(21-5)7-12(13)14(19)15(20)17-4/h6-8,18H,1-5H3,(H,17,20). The molecule has 0 fully saturated rings. The summed E-state index contributed by atoms with van der Waals surface area (Å²) in [6.45, 7) is 6.00. The molecule has 1 amide bonds. The maximum Gasteiger partial charge on any atom is 0.292 e. The molecule has 1 aliphatic heterocycles. The molecule has 1 aromatic carbocycles. The van der Waals surface area contributed by atoms with Crippen LogP contribution in [-0.2, 0) is 4.79 Å². The number of rotatable bonds is 3. The number of carbonyl (C=O) groups excluding carboxylic acids is 2. The van der Waals surface area contributed by atoms with Gasteiger partial charge in [-0.2, -0.15) is 0 Å². The molecule has 5 nitrogen and oxygen atoms in total. The van der Waals surface area contributed by atoms with Crippen molar-refractivity contribution in [2.45, 2.75) is 26.3 Å². The normalized spacial score (nSPS) is 15.4. The van der Waals surface area contributed by atoms with E-state index in [9.17, 15) is 9.59 Å². The molecule has 2 N–H and O–H groups in total. The van der Waals surface area contributed by atoms with Crippen LogP contribution in [0, 0.1) is 0 Å². The Morgan fingerprint density at radius 2 is 1.95 bits per heavy atom. The molecule has 0 bridgehead atoms. The van der Waals surface area contributed by atoms with Gasteiger partial charge in [0.25, 0.3) is 11.7 Å². The molecule has 1 heterocycles. The predicted octanol–water partition coefficient (Wildman–Crippen LogP) is 2.23. The van der Waals surface area contributed by atoms with Crippen LogP contribution in [0.1, 0.15) is 36.7 Å². The fourth-order valence-electron chi connectivity index (χ4n) is 2.57. The SMILES string of the molecule is CNC(=O)C(=O)c1cc(OC)cc2c1NC(C)(C)C=C2C. The zero-order chi connectivity index (χ0) is 15.8. The number of likely N-dealkylation sites (N-methyl/N-ethyl adjacent to an activating group) is 1. The zero-order valence-electron chi connectivity index (χ0n) is 13.0. The molecule has 112 valence electrons. The van der Waals surface area contributed by atoms with E-state index in [1.807, 2.05) is 26.8 Å². The highest BCUT2D eigenvalue weighted by molar-refractivity contribution is 6.44. The van der Waals surface area contributed by atoms with Gasteiger partial charge in [0.15, 0.2) is 0 Å². The van der Waals surface area contributed by atoms with E-state index in [2.05, 4.69) is 16.7 Å². The van der Waals surface area contributed by atoms with Gasteiger partial charge in [-0.3, -0.25) is 9.59 Å². The van der Waals surface area contributed by atoms with Gasteiger partial charge in [0.05, 0.1) is 23.9 Å². The highest BCUT2D eigenvalue weighted by atomic mass is 16.5. The van der Waals surface area contributed by atoms with E-state index in [1.54, 1.807) is 6.07 Å². The van der Waals surface area contributed by atoms with Gasteiger partial charge in [-0.25, -0.2) is 0 Å². The molecule has 21 heavy (non-hydrogen) atoms. The number of Topliss-reactive ketones (excluding diaryl/α,β-unsaturated/α-hetero) is 1. The summed E-state index contributed by atoms with van der Waals surface area (Å²) in [5.41, 5.74) is 2.63. The molecule has 0 aromatic heterocycles. The zero-order valence-corrected chi connectivity index (χ0v) is 13.0. The van der Waals surface area contributed by atoms with E-state index < -0.39 is 11.7 Å². The minimum absolute atomic E-state index is 0.288. The number of carbonyl (C=O) groups is 2. The number of benzene rings is 1. The number of ketones is 1. The van der Waals surface area contributed by atoms with Crippen LogP contribution in [0.15, 0.2) is 18.2 Å². The van der Waals surface area contributed by atoms with Gasteiger partial charge in [0.1, 0.15) is 5.75 Å². The first-order valence-electron chi connectivity index (χ1n) is 6.75. The topological polar surface area (TPSA) is 67.4 Å². The molecule has 0 saturated heterocycles. The smallest absolute Gasteiger partial charge is 0.292 e. The van der Waals surface area contributed by atoms with Crippen LogP contribution in [0.2, 0.25) is 0 Å². The summed E-state index contributed by atoms with van der Waals surface area (Å²) in [6, 6.07) is 3.46. The van der Waals surface area contributed by atoms with Crippen molar-refractivity contribution in [1.82, 2.24) is 5.32 Å². The molecule has 1 aromatic rings. The number of nitrogens with one attached hydrogen (secondary N) is 2. The first-order valence-corrected chi connectivity index (χ1v) is 6.75. The van der Waals surface area contributed by atoms with Crippen LogP contribution in [0.5, 0.6) is 5.75 Å². The van der Waals surface area contributed by atoms with Gasteiger partial charge >= 0.3 is 0 Å². The number of hydrogen-bond acceptors (Lipinski definition) is 4. The number of anilines is 1. The molecule has 0 atom stereocenters. The lowest BCUT2D eigenvalue weighted by Gasteiger charge is -2.32. The lowest BCUT2D eigenvalue weighted by molar-refractivity contribution is -0.116. The Balaban J connectivity index is 2.67. The number of ether oxygens (including phenoxy) is 1. The van der Waals surface area contributed by atoms with E-state index in [-0.39, 0.29) is 5.54 Å². The number of hydrogen-bond donors (Lipinski definition) is 2. The van der Waals surface area contributed by atoms with Crippen molar-refractivity contribution in [3.8, 4) is 5.75 Å². The lowest BCUT2D eigenvalue weighted by Crippen LogP contribution is -2.34. The number of fused-ring (bicyclic) bond motifs is 1. The lowest BCUT2D eigenvalue weighted by atomic mass is 9.88. The average Bonchev–Trinajstić information content (AvgIpc) is 2.43. The molecule has 0 aliphatic carbocycles. The van der Waals surface area contributed by atoms with Crippen molar-refractivity contribution in [2.75, 3.05) is 19.5 Å². The Bertz CT molecular complexity index is 645.